The van der Waals surface area contributed by atoms with Crippen LogP contribution in [0.25, 0.3) is 0 Å². The molecule has 1 aliphatic rings. The second kappa shape index (κ2) is 15.0. The Balaban J connectivity index is 1.64. The molecule has 5 aromatic rings. The van der Waals surface area contributed by atoms with Crippen LogP contribution in [0.4, 0.5) is 0 Å². The summed E-state index contributed by atoms with van der Waals surface area (Å²) in [6.45, 7) is 1.91. The van der Waals surface area contributed by atoms with Gasteiger partial charge in [0.25, 0.3) is 0 Å². The van der Waals surface area contributed by atoms with Gasteiger partial charge in [-0.3, -0.25) is 4.52 Å². The molecule has 4 N–H and O–H groups in total. The van der Waals surface area contributed by atoms with E-state index in [9.17, 15) is 20.0 Å². The minimum atomic E-state index is -3.08. The largest absolute Gasteiger partial charge is 0.383 e. The first-order valence-corrected chi connectivity index (χ1v) is 17.7. The molecule has 1 fully saturated rings. The van der Waals surface area contributed by atoms with Gasteiger partial charge in [0.1, 0.15) is 11.2 Å². The molecule has 1 heterocycles. The van der Waals surface area contributed by atoms with Crippen molar-refractivity contribution in [3.63, 3.8) is 0 Å². The van der Waals surface area contributed by atoms with Gasteiger partial charge in [0, 0.05) is 25.7 Å². The quantitative estimate of drug-likeness (QED) is 0.103. The smallest absolute Gasteiger partial charge is 0.329 e. The summed E-state index contributed by atoms with van der Waals surface area (Å²) in [5, 5.41) is 27.7. The maximum absolute atomic E-state index is 14.0. The van der Waals surface area contributed by atoms with E-state index in [1.807, 2.05) is 152 Å². The van der Waals surface area contributed by atoms with Crippen molar-refractivity contribution in [1.29, 1.82) is 0 Å². The third-order valence-corrected chi connectivity index (χ3v) is 10.3. The molecule has 1 saturated heterocycles. The van der Waals surface area contributed by atoms with E-state index in [0.29, 0.717) is 11.1 Å². The highest BCUT2D eigenvalue weighted by molar-refractivity contribution is 7.39. The third kappa shape index (κ3) is 7.13. The van der Waals surface area contributed by atoms with Gasteiger partial charge < -0.3 is 29.5 Å². The molecule has 0 aromatic heterocycles. The normalized spacial score (nSPS) is 26.9. The van der Waals surface area contributed by atoms with E-state index < -0.39 is 37.3 Å². The number of benzene rings is 5. The van der Waals surface area contributed by atoms with Crippen molar-refractivity contribution in [1.82, 2.24) is 0 Å². The van der Waals surface area contributed by atoms with Gasteiger partial charge >= 0.3 is 8.60 Å². The molecule has 49 heavy (non-hydrogen) atoms. The van der Waals surface area contributed by atoms with Gasteiger partial charge in [0.05, 0.1) is 12.7 Å². The van der Waals surface area contributed by atoms with E-state index in [0.717, 1.165) is 16.7 Å². The Labute approximate surface area is 289 Å². The van der Waals surface area contributed by atoms with Gasteiger partial charge in [-0.1, -0.05) is 152 Å². The second-order valence-electron chi connectivity index (χ2n) is 12.9. The predicted molar refractivity (Wildman–Crippen MR) is 190 cm³/mol. The zero-order valence-electron chi connectivity index (χ0n) is 27.5. The fraction of sp³-hybridized carbons (Fsp3) is 0.268. The summed E-state index contributed by atoms with van der Waals surface area (Å²) in [5.41, 5.74) is -2.22. The Hall–Kier alpha value is -3.75. The first-order valence-electron chi connectivity index (χ1n) is 16.5. The van der Waals surface area contributed by atoms with E-state index in [-0.39, 0.29) is 32.3 Å². The maximum atomic E-state index is 14.0. The van der Waals surface area contributed by atoms with Crippen LogP contribution in [0.3, 0.4) is 0 Å². The molecule has 0 amide bonds. The average molecular weight is 679 g/mol. The minimum Gasteiger partial charge on any atom is -0.383 e. The van der Waals surface area contributed by atoms with E-state index in [1.165, 1.54) is 0 Å². The lowest BCUT2D eigenvalue weighted by Gasteiger charge is -2.66. The first kappa shape index (κ1) is 35.1. The highest BCUT2D eigenvalue weighted by Crippen LogP contribution is 2.59. The summed E-state index contributed by atoms with van der Waals surface area (Å²) in [4.78, 5) is 21.2. The van der Waals surface area contributed by atoms with Crippen LogP contribution in [-0.2, 0) is 46.3 Å². The fourth-order valence-corrected chi connectivity index (χ4v) is 7.94. The van der Waals surface area contributed by atoms with Gasteiger partial charge in [0.15, 0.2) is 5.60 Å². The van der Waals surface area contributed by atoms with Crippen molar-refractivity contribution in [3.05, 3.63) is 179 Å². The Morgan fingerprint density at radius 2 is 0.898 bits per heavy atom. The summed E-state index contributed by atoms with van der Waals surface area (Å²) in [6, 6.07) is 47.4. The van der Waals surface area contributed by atoms with Crippen molar-refractivity contribution in [2.24, 2.45) is 0 Å². The Morgan fingerprint density at radius 3 is 1.33 bits per heavy atom. The highest BCUT2D eigenvalue weighted by atomic mass is 31.2. The van der Waals surface area contributed by atoms with E-state index in [1.54, 1.807) is 6.92 Å². The monoisotopic (exact) mass is 678 g/mol. The summed E-state index contributed by atoms with van der Waals surface area (Å²) >= 11 is 0. The predicted octanol–water partition coefficient (Wildman–Crippen LogP) is 6.72. The summed E-state index contributed by atoms with van der Waals surface area (Å²) in [6.07, 6.45) is -1.11. The van der Waals surface area contributed by atoms with Crippen LogP contribution in [0, 0.1) is 0 Å². The summed E-state index contributed by atoms with van der Waals surface area (Å²) < 4.78 is 20.0. The molecule has 5 atom stereocenters. The molecule has 6 rings (SSSR count). The number of aliphatic hydroxyl groups is 2. The molecule has 7 nitrogen and oxygen atoms in total. The maximum Gasteiger partial charge on any atom is 0.329 e. The van der Waals surface area contributed by atoms with Crippen molar-refractivity contribution in [3.8, 4) is 0 Å². The standard InChI is InChI=1S/C41H43O7P/c1-32-38(27-33-17-7-2-8-18-33,46-31-37-25-15-6-16-26-37)39(42,28-34-19-9-3-10-20-34)40(43,29-35-21-11-4-12-22-35)41(47-32,48-49(44)45)30-36-23-13-5-14-24-36/h2-26,32,42-45H,27-31H2,1H3/t32-,38+,39+,40-,41-/m0/s1. The SMILES string of the molecule is C[C@@H]1O[C@@](Cc2ccccc2)(OP(O)O)[C@](O)(Cc2ccccc2)[C@@](O)(Cc2ccccc2)[C@]1(Cc1ccccc1)OCc1ccccc1. The van der Waals surface area contributed by atoms with Crippen molar-refractivity contribution >= 4 is 8.60 Å². The van der Waals surface area contributed by atoms with Crippen molar-refractivity contribution < 1.29 is 34.0 Å². The molecule has 0 aliphatic carbocycles. The van der Waals surface area contributed by atoms with Gasteiger partial charge in [-0.15, -0.1) is 0 Å². The summed E-state index contributed by atoms with van der Waals surface area (Å²) in [5.74, 6) is -2.14. The second-order valence-corrected chi connectivity index (χ2v) is 13.6. The zero-order chi connectivity index (χ0) is 34.4. The molecule has 1 aliphatic heterocycles. The summed E-state index contributed by atoms with van der Waals surface area (Å²) in [7, 11) is -3.08. The van der Waals surface area contributed by atoms with Crippen LogP contribution in [0.5, 0.6) is 0 Å². The molecule has 254 valence electrons. The first-order chi connectivity index (χ1) is 23.7. The fourth-order valence-electron chi connectivity index (χ4n) is 7.42. The molecule has 0 spiro atoms. The van der Waals surface area contributed by atoms with Crippen LogP contribution < -0.4 is 0 Å². The molecular weight excluding hydrogens is 635 g/mol. The Kier molecular flexibility index (Phi) is 10.8. The molecule has 0 saturated carbocycles. The van der Waals surface area contributed by atoms with Crippen LogP contribution in [0.15, 0.2) is 152 Å². The lowest BCUT2D eigenvalue weighted by molar-refractivity contribution is -0.434. The van der Waals surface area contributed by atoms with E-state index in [4.69, 9.17) is 14.0 Å². The third-order valence-electron chi connectivity index (χ3n) is 9.80. The van der Waals surface area contributed by atoms with E-state index in [2.05, 4.69) is 0 Å². The Bertz CT molecular complexity index is 1750. The van der Waals surface area contributed by atoms with Gasteiger partial charge in [0.2, 0.25) is 5.79 Å². The van der Waals surface area contributed by atoms with Gasteiger partial charge in [-0.05, 0) is 34.7 Å². The number of ether oxygens (including phenoxy) is 2. The lowest BCUT2D eigenvalue weighted by atomic mass is 9.56. The number of hydrogen-bond donors (Lipinski definition) is 4. The highest BCUT2D eigenvalue weighted by Gasteiger charge is 2.77. The Morgan fingerprint density at radius 1 is 0.531 bits per heavy atom. The van der Waals surface area contributed by atoms with E-state index >= 15 is 0 Å². The number of hydrogen-bond acceptors (Lipinski definition) is 7. The van der Waals surface area contributed by atoms with Crippen molar-refractivity contribution in [2.75, 3.05) is 0 Å². The molecular formula is C41H43O7P. The van der Waals surface area contributed by atoms with Crippen LogP contribution in [-0.4, -0.2) is 48.7 Å². The zero-order valence-corrected chi connectivity index (χ0v) is 28.4. The minimum absolute atomic E-state index is 0.0683. The van der Waals surface area contributed by atoms with Gasteiger partial charge in [-0.25, -0.2) is 0 Å². The topological polar surface area (TPSA) is 109 Å². The molecule has 0 unspecified atom stereocenters. The van der Waals surface area contributed by atoms with Crippen LogP contribution in [0.2, 0.25) is 0 Å². The lowest BCUT2D eigenvalue weighted by Crippen LogP contribution is -2.86. The molecule has 0 bridgehead atoms. The van der Waals surface area contributed by atoms with Crippen molar-refractivity contribution in [2.45, 2.75) is 67.9 Å². The molecule has 0 radical (unpaired) electrons. The van der Waals surface area contributed by atoms with Crippen LogP contribution in [0.1, 0.15) is 34.7 Å². The number of rotatable bonds is 13. The average Bonchev–Trinajstić information content (AvgIpc) is 3.11. The molecule has 5 aromatic carbocycles. The van der Waals surface area contributed by atoms with Gasteiger partial charge in [-0.2, -0.15) is 0 Å². The van der Waals surface area contributed by atoms with Crippen LogP contribution >= 0.6 is 8.60 Å². The molecule has 8 heteroatoms.